The lowest BCUT2D eigenvalue weighted by molar-refractivity contribution is -0.118. The van der Waals surface area contributed by atoms with Crippen LogP contribution in [0.1, 0.15) is 12.0 Å². The second-order valence-corrected chi connectivity index (χ2v) is 5.39. The Morgan fingerprint density at radius 1 is 1.47 bits per heavy atom. The van der Waals surface area contributed by atoms with E-state index in [4.69, 9.17) is 11.6 Å². The van der Waals surface area contributed by atoms with Crippen LogP contribution < -0.4 is 5.32 Å². The molecule has 0 bridgehead atoms. The maximum Gasteiger partial charge on any atom is 0.239 e. The van der Waals surface area contributed by atoms with Crippen molar-refractivity contribution >= 4 is 40.7 Å². The second kappa shape index (κ2) is 6.54. The van der Waals surface area contributed by atoms with Crippen LogP contribution in [0.4, 0.5) is 0 Å². The topological polar surface area (TPSA) is 53.8 Å². The summed E-state index contributed by atoms with van der Waals surface area (Å²) < 4.78 is 0. The van der Waals surface area contributed by atoms with Gasteiger partial charge in [0.1, 0.15) is 0 Å². The molecule has 0 spiro atoms. The third-order valence-electron chi connectivity index (χ3n) is 2.41. The predicted molar refractivity (Wildman–Crippen MR) is 80.8 cm³/mol. The van der Waals surface area contributed by atoms with Crippen molar-refractivity contribution in [2.24, 2.45) is 10.2 Å². The highest BCUT2D eigenvalue weighted by Crippen LogP contribution is 2.22. The van der Waals surface area contributed by atoms with Crippen LogP contribution in [0, 0.1) is 0 Å². The number of allylic oxidation sites excluding steroid dienone is 1. The lowest BCUT2D eigenvalue weighted by Crippen LogP contribution is -2.24. The molecule has 6 heteroatoms. The van der Waals surface area contributed by atoms with Gasteiger partial charge in [0.05, 0.1) is 11.5 Å². The van der Waals surface area contributed by atoms with E-state index in [9.17, 15) is 4.79 Å². The van der Waals surface area contributed by atoms with E-state index in [1.54, 1.807) is 18.4 Å². The first-order chi connectivity index (χ1) is 9.20. The fraction of sp³-hybridized carbons (Fsp3) is 0.154. The molecule has 1 aliphatic rings. The Labute approximate surface area is 120 Å². The van der Waals surface area contributed by atoms with Crippen molar-refractivity contribution < 1.29 is 4.79 Å². The maximum absolute atomic E-state index is 11.5. The number of nitrogens with one attached hydrogen (secondary N) is 1. The van der Waals surface area contributed by atoms with Crippen LogP contribution in [0.25, 0.3) is 0 Å². The minimum absolute atomic E-state index is 0.0587. The lowest BCUT2D eigenvalue weighted by atomic mass is 10.2. The Hall–Kier alpha value is -1.59. The van der Waals surface area contributed by atoms with Crippen molar-refractivity contribution in [2.45, 2.75) is 11.7 Å². The van der Waals surface area contributed by atoms with Crippen molar-refractivity contribution in [3.05, 3.63) is 47.5 Å². The van der Waals surface area contributed by atoms with Crippen LogP contribution in [-0.2, 0) is 4.79 Å². The van der Waals surface area contributed by atoms with E-state index in [2.05, 4.69) is 22.1 Å². The second-order valence-electron chi connectivity index (χ2n) is 3.79. The number of hydrogen-bond acceptors (Lipinski definition) is 4. The Morgan fingerprint density at radius 2 is 2.26 bits per heavy atom. The minimum Gasteiger partial charge on any atom is -0.303 e. The molecule has 1 aromatic rings. The molecular formula is C13H12ClN3OS. The Balaban J connectivity index is 2.02. The summed E-state index contributed by atoms with van der Waals surface area (Å²) >= 11 is 7.34. The summed E-state index contributed by atoms with van der Waals surface area (Å²) in [7, 11) is 0. The highest BCUT2D eigenvalue weighted by atomic mass is 35.5. The van der Waals surface area contributed by atoms with Gasteiger partial charge in [-0.1, -0.05) is 47.6 Å². The van der Waals surface area contributed by atoms with E-state index in [-0.39, 0.29) is 11.2 Å². The molecule has 19 heavy (non-hydrogen) atoms. The Kier molecular flexibility index (Phi) is 4.76. The molecule has 1 aromatic carbocycles. The van der Waals surface area contributed by atoms with E-state index in [0.717, 1.165) is 5.56 Å². The average Bonchev–Trinajstić information content (AvgIpc) is 2.73. The van der Waals surface area contributed by atoms with Crippen LogP contribution in [-0.4, -0.2) is 22.5 Å². The molecule has 1 N–H and O–H groups in total. The van der Waals surface area contributed by atoms with Crippen LogP contribution in [0.3, 0.4) is 0 Å². The van der Waals surface area contributed by atoms with Gasteiger partial charge in [0, 0.05) is 10.6 Å². The summed E-state index contributed by atoms with van der Waals surface area (Å²) in [5.41, 5.74) is 0.783. The highest BCUT2D eigenvalue weighted by Gasteiger charge is 2.28. The molecule has 1 aliphatic heterocycles. The molecular weight excluding hydrogens is 282 g/mol. The van der Waals surface area contributed by atoms with Gasteiger partial charge < -0.3 is 5.32 Å². The van der Waals surface area contributed by atoms with E-state index >= 15 is 0 Å². The number of amidine groups is 1. The molecule has 0 saturated carbocycles. The molecule has 0 aromatic heterocycles. The van der Waals surface area contributed by atoms with Crippen LogP contribution in [0.15, 0.2) is 47.1 Å². The molecule has 0 aliphatic carbocycles. The van der Waals surface area contributed by atoms with E-state index < -0.39 is 0 Å². The number of thioether (sulfide) groups is 1. The number of carbonyl (C=O) groups is 1. The first-order valence-electron chi connectivity index (χ1n) is 5.64. The third-order valence-corrected chi connectivity index (χ3v) is 3.85. The van der Waals surface area contributed by atoms with Gasteiger partial charge in [-0.15, -0.1) is 11.7 Å². The molecule has 1 heterocycles. The van der Waals surface area contributed by atoms with Gasteiger partial charge in [-0.25, -0.2) is 0 Å². The van der Waals surface area contributed by atoms with E-state index in [0.29, 0.717) is 16.6 Å². The zero-order valence-corrected chi connectivity index (χ0v) is 11.6. The Morgan fingerprint density at radius 3 is 3.00 bits per heavy atom. The summed E-state index contributed by atoms with van der Waals surface area (Å²) in [5.74, 6) is -0.0587. The number of benzene rings is 1. The standard InChI is InChI=1S/C13H12ClN3OS/c1-2-5-11-12(18)16-13(19-11)17-15-8-9-6-3-4-7-10(9)14/h2-4,6-8,11H,1,5H2,(H,16,17,18)/b15-8-. The molecule has 1 unspecified atom stereocenters. The van der Waals surface area contributed by atoms with Crippen LogP contribution in [0.2, 0.25) is 5.02 Å². The molecule has 1 saturated heterocycles. The number of nitrogens with zero attached hydrogens (tertiary/aromatic N) is 2. The van der Waals surface area contributed by atoms with Gasteiger partial charge in [-0.3, -0.25) is 4.79 Å². The van der Waals surface area contributed by atoms with Crippen molar-refractivity contribution in [1.82, 2.24) is 5.32 Å². The van der Waals surface area contributed by atoms with Crippen molar-refractivity contribution in [3.8, 4) is 0 Å². The Bertz CT molecular complexity index is 557. The molecule has 1 amide bonds. The quantitative estimate of drug-likeness (QED) is 0.527. The lowest BCUT2D eigenvalue weighted by Gasteiger charge is -1.97. The maximum atomic E-state index is 11.5. The molecule has 1 atom stereocenters. The van der Waals surface area contributed by atoms with Crippen molar-refractivity contribution in [3.63, 3.8) is 0 Å². The van der Waals surface area contributed by atoms with Gasteiger partial charge in [-0.2, -0.15) is 5.10 Å². The predicted octanol–water partition coefficient (Wildman–Crippen LogP) is 2.84. The van der Waals surface area contributed by atoms with Crippen molar-refractivity contribution in [1.29, 1.82) is 0 Å². The summed E-state index contributed by atoms with van der Waals surface area (Å²) in [4.78, 5) is 11.5. The fourth-order valence-corrected chi connectivity index (χ4v) is 2.59. The number of hydrogen-bond donors (Lipinski definition) is 1. The fourth-order valence-electron chi connectivity index (χ4n) is 1.48. The minimum atomic E-state index is -0.160. The molecule has 1 fully saturated rings. The van der Waals surface area contributed by atoms with Crippen molar-refractivity contribution in [2.75, 3.05) is 0 Å². The highest BCUT2D eigenvalue weighted by molar-refractivity contribution is 8.15. The van der Waals surface area contributed by atoms with Gasteiger partial charge in [0.25, 0.3) is 0 Å². The van der Waals surface area contributed by atoms with Gasteiger partial charge in [0.15, 0.2) is 5.17 Å². The summed E-state index contributed by atoms with van der Waals surface area (Å²) in [5, 5.41) is 11.5. The smallest absolute Gasteiger partial charge is 0.239 e. The number of halogens is 1. The van der Waals surface area contributed by atoms with E-state index in [1.807, 2.05) is 18.2 Å². The van der Waals surface area contributed by atoms with Gasteiger partial charge >= 0.3 is 0 Å². The SMILES string of the molecule is C=CCC1S/C(=N\N=C/c2ccccc2Cl)NC1=O. The summed E-state index contributed by atoms with van der Waals surface area (Å²) in [6.07, 6.45) is 3.89. The largest absolute Gasteiger partial charge is 0.303 e. The number of amides is 1. The third kappa shape index (κ3) is 3.68. The summed E-state index contributed by atoms with van der Waals surface area (Å²) in [6, 6.07) is 7.33. The zero-order valence-electron chi connectivity index (χ0n) is 10.0. The zero-order chi connectivity index (χ0) is 13.7. The molecule has 0 radical (unpaired) electrons. The molecule has 4 nitrogen and oxygen atoms in total. The first-order valence-corrected chi connectivity index (χ1v) is 6.90. The molecule has 98 valence electrons. The first kappa shape index (κ1) is 13.8. The molecule has 2 rings (SSSR count). The monoisotopic (exact) mass is 293 g/mol. The number of rotatable bonds is 4. The average molecular weight is 294 g/mol. The van der Waals surface area contributed by atoms with Gasteiger partial charge in [0.2, 0.25) is 5.91 Å². The van der Waals surface area contributed by atoms with Crippen LogP contribution >= 0.6 is 23.4 Å². The normalized spacial score (nSPS) is 21.0. The summed E-state index contributed by atoms with van der Waals surface area (Å²) in [6.45, 7) is 3.62. The number of carbonyl (C=O) groups excluding carboxylic acids is 1. The van der Waals surface area contributed by atoms with E-state index in [1.165, 1.54) is 11.8 Å². The van der Waals surface area contributed by atoms with Crippen LogP contribution in [0.5, 0.6) is 0 Å². The van der Waals surface area contributed by atoms with Gasteiger partial charge in [-0.05, 0) is 12.5 Å².